The van der Waals surface area contributed by atoms with Crippen LogP contribution in [0.2, 0.25) is 5.15 Å². The SMILES string of the molecule is CCC1CCC(CNS(=O)(=O)c2cc(Br)cnc2Cl)CC1. The minimum absolute atomic E-state index is 0.000362. The van der Waals surface area contributed by atoms with Gasteiger partial charge in [-0.1, -0.05) is 37.8 Å². The first-order valence-electron chi connectivity index (χ1n) is 7.23. The molecule has 1 aromatic rings. The van der Waals surface area contributed by atoms with Crippen LogP contribution in [0.5, 0.6) is 0 Å². The van der Waals surface area contributed by atoms with Crippen LogP contribution in [-0.4, -0.2) is 19.9 Å². The minimum atomic E-state index is -3.61. The molecule has 1 heterocycles. The highest BCUT2D eigenvalue weighted by molar-refractivity contribution is 9.10. The summed E-state index contributed by atoms with van der Waals surface area (Å²) in [5, 5.41) is 0.000362. The molecule has 1 aromatic heterocycles. The van der Waals surface area contributed by atoms with E-state index in [4.69, 9.17) is 11.6 Å². The largest absolute Gasteiger partial charge is 0.243 e. The zero-order chi connectivity index (χ0) is 15.5. The zero-order valence-electron chi connectivity index (χ0n) is 12.0. The monoisotopic (exact) mass is 394 g/mol. The molecular formula is C14H20BrClN2O2S. The van der Waals surface area contributed by atoms with Gasteiger partial charge in [-0.2, -0.15) is 0 Å². The third kappa shape index (κ3) is 4.65. The molecule has 0 atom stereocenters. The summed E-state index contributed by atoms with van der Waals surface area (Å²) < 4.78 is 27.9. The molecule has 0 unspecified atom stereocenters. The van der Waals surface area contributed by atoms with Crippen molar-refractivity contribution in [3.05, 3.63) is 21.9 Å². The summed E-state index contributed by atoms with van der Waals surface area (Å²) in [6.45, 7) is 2.69. The van der Waals surface area contributed by atoms with E-state index in [-0.39, 0.29) is 10.0 Å². The van der Waals surface area contributed by atoms with E-state index in [1.807, 2.05) is 0 Å². The lowest BCUT2D eigenvalue weighted by atomic mass is 9.81. The van der Waals surface area contributed by atoms with Crippen LogP contribution in [-0.2, 0) is 10.0 Å². The number of pyridine rings is 1. The average molecular weight is 396 g/mol. The van der Waals surface area contributed by atoms with Gasteiger partial charge < -0.3 is 0 Å². The highest BCUT2D eigenvalue weighted by Gasteiger charge is 2.24. The van der Waals surface area contributed by atoms with Gasteiger partial charge in [-0.05, 0) is 46.7 Å². The number of hydrogen-bond donors (Lipinski definition) is 1. The lowest BCUT2D eigenvalue weighted by Crippen LogP contribution is -2.31. The molecule has 1 fully saturated rings. The second kappa shape index (κ2) is 7.40. The normalized spacial score (nSPS) is 23.2. The number of aromatic nitrogens is 1. The molecule has 0 bridgehead atoms. The molecule has 7 heteroatoms. The van der Waals surface area contributed by atoms with E-state index in [9.17, 15) is 8.42 Å². The molecular weight excluding hydrogens is 376 g/mol. The number of sulfonamides is 1. The van der Waals surface area contributed by atoms with Gasteiger partial charge in [0.2, 0.25) is 10.0 Å². The molecule has 21 heavy (non-hydrogen) atoms. The first kappa shape index (κ1) is 17.2. The van der Waals surface area contributed by atoms with Crippen LogP contribution in [0.3, 0.4) is 0 Å². The van der Waals surface area contributed by atoms with Crippen LogP contribution in [0, 0.1) is 11.8 Å². The lowest BCUT2D eigenvalue weighted by Gasteiger charge is -2.27. The van der Waals surface area contributed by atoms with Crippen LogP contribution in [0.15, 0.2) is 21.6 Å². The fourth-order valence-corrected chi connectivity index (χ4v) is 4.80. The Morgan fingerprint density at radius 2 is 1.95 bits per heavy atom. The van der Waals surface area contributed by atoms with E-state index >= 15 is 0 Å². The van der Waals surface area contributed by atoms with Crippen molar-refractivity contribution in [2.24, 2.45) is 11.8 Å². The number of nitrogens with zero attached hydrogens (tertiary/aromatic N) is 1. The Morgan fingerprint density at radius 3 is 2.57 bits per heavy atom. The topological polar surface area (TPSA) is 59.1 Å². The Morgan fingerprint density at radius 1 is 1.33 bits per heavy atom. The molecule has 0 saturated heterocycles. The summed E-state index contributed by atoms with van der Waals surface area (Å²) in [5.41, 5.74) is 0. The molecule has 1 saturated carbocycles. The van der Waals surface area contributed by atoms with Crippen LogP contribution in [0.25, 0.3) is 0 Å². The van der Waals surface area contributed by atoms with Gasteiger partial charge in [0.1, 0.15) is 10.0 Å². The number of halogens is 2. The summed E-state index contributed by atoms with van der Waals surface area (Å²) in [4.78, 5) is 3.89. The Balaban J connectivity index is 1.97. The molecule has 0 spiro atoms. The molecule has 4 nitrogen and oxygen atoms in total. The Bertz CT molecular complexity index is 587. The quantitative estimate of drug-likeness (QED) is 0.767. The summed E-state index contributed by atoms with van der Waals surface area (Å²) in [5.74, 6) is 1.23. The zero-order valence-corrected chi connectivity index (χ0v) is 15.1. The fourth-order valence-electron chi connectivity index (χ4n) is 2.74. The summed E-state index contributed by atoms with van der Waals surface area (Å²) >= 11 is 9.11. The van der Waals surface area contributed by atoms with Crippen molar-refractivity contribution in [2.45, 2.75) is 43.9 Å². The van der Waals surface area contributed by atoms with Crippen molar-refractivity contribution in [3.63, 3.8) is 0 Å². The molecule has 0 aliphatic heterocycles. The fraction of sp³-hybridized carbons (Fsp3) is 0.643. The average Bonchev–Trinajstić information content (AvgIpc) is 2.48. The van der Waals surface area contributed by atoms with Crippen molar-refractivity contribution < 1.29 is 8.42 Å². The number of rotatable bonds is 5. The Hall–Kier alpha value is -0.170. The maximum Gasteiger partial charge on any atom is 0.243 e. The smallest absolute Gasteiger partial charge is 0.242 e. The molecule has 0 amide bonds. The van der Waals surface area contributed by atoms with Crippen LogP contribution < -0.4 is 4.72 Å². The van der Waals surface area contributed by atoms with Crippen LogP contribution >= 0.6 is 27.5 Å². The Kier molecular flexibility index (Phi) is 6.05. The van der Waals surface area contributed by atoms with Gasteiger partial charge in [-0.3, -0.25) is 0 Å². The molecule has 1 aliphatic carbocycles. The molecule has 2 rings (SSSR count). The van der Waals surface area contributed by atoms with Crippen LogP contribution in [0.4, 0.5) is 0 Å². The van der Waals surface area contributed by atoms with Gasteiger partial charge in [0.25, 0.3) is 0 Å². The van der Waals surface area contributed by atoms with Crippen LogP contribution in [0.1, 0.15) is 39.0 Å². The highest BCUT2D eigenvalue weighted by Crippen LogP contribution is 2.30. The van der Waals surface area contributed by atoms with Gasteiger partial charge in [0.15, 0.2) is 0 Å². The van der Waals surface area contributed by atoms with Crippen molar-refractivity contribution in [2.75, 3.05) is 6.54 Å². The third-order valence-corrected chi connectivity index (χ3v) is 6.45. The van der Waals surface area contributed by atoms with E-state index in [0.29, 0.717) is 16.9 Å². The predicted molar refractivity (Wildman–Crippen MR) is 87.9 cm³/mol. The molecule has 0 radical (unpaired) electrons. The molecule has 118 valence electrons. The van der Waals surface area contributed by atoms with Gasteiger partial charge in [-0.25, -0.2) is 18.1 Å². The Labute approximate surface area is 139 Å². The van der Waals surface area contributed by atoms with E-state index < -0.39 is 10.0 Å². The van der Waals surface area contributed by atoms with E-state index in [0.717, 1.165) is 18.8 Å². The molecule has 1 N–H and O–H groups in total. The van der Waals surface area contributed by atoms with Crippen molar-refractivity contribution in [1.82, 2.24) is 9.71 Å². The standard InChI is InChI=1S/C14H20BrClN2O2S/c1-2-10-3-5-11(6-4-10)8-18-21(19,20)13-7-12(15)9-17-14(13)16/h7,9-11,18H,2-6,8H2,1H3. The predicted octanol–water partition coefficient (Wildman–Crippen LogP) is 3.99. The first-order valence-corrected chi connectivity index (χ1v) is 9.88. The molecule has 1 aliphatic rings. The van der Waals surface area contributed by atoms with Gasteiger partial charge in [0, 0.05) is 17.2 Å². The van der Waals surface area contributed by atoms with Crippen molar-refractivity contribution in [1.29, 1.82) is 0 Å². The first-order chi connectivity index (χ1) is 9.92. The summed E-state index contributed by atoms with van der Waals surface area (Å²) in [6, 6.07) is 1.48. The number of hydrogen-bond acceptors (Lipinski definition) is 3. The van der Waals surface area contributed by atoms with Gasteiger partial charge >= 0.3 is 0 Å². The van der Waals surface area contributed by atoms with E-state index in [1.165, 1.54) is 31.5 Å². The summed E-state index contributed by atoms with van der Waals surface area (Å²) in [7, 11) is -3.61. The highest BCUT2D eigenvalue weighted by atomic mass is 79.9. The minimum Gasteiger partial charge on any atom is -0.242 e. The number of nitrogens with one attached hydrogen (secondary N) is 1. The maximum absolute atomic E-state index is 12.3. The molecule has 0 aromatic carbocycles. The summed E-state index contributed by atoms with van der Waals surface area (Å²) in [6.07, 6.45) is 7.27. The maximum atomic E-state index is 12.3. The second-order valence-corrected chi connectivity index (χ2v) is 8.60. The van der Waals surface area contributed by atoms with Crippen molar-refractivity contribution in [3.8, 4) is 0 Å². The van der Waals surface area contributed by atoms with Gasteiger partial charge in [-0.15, -0.1) is 0 Å². The third-order valence-electron chi connectivity index (χ3n) is 4.17. The lowest BCUT2D eigenvalue weighted by molar-refractivity contribution is 0.270. The van der Waals surface area contributed by atoms with Gasteiger partial charge in [0.05, 0.1) is 0 Å². The van der Waals surface area contributed by atoms with Crippen molar-refractivity contribution >= 4 is 37.6 Å². The van der Waals surface area contributed by atoms with E-state index in [1.54, 1.807) is 0 Å². The van der Waals surface area contributed by atoms with E-state index in [2.05, 4.69) is 32.6 Å². The second-order valence-electron chi connectivity index (χ2n) is 5.59.